The number of carbonyl (C=O) groups excluding carboxylic acids is 2. The van der Waals surface area contributed by atoms with Crippen LogP contribution < -0.4 is 0 Å². The number of benzene rings is 2. The van der Waals surface area contributed by atoms with E-state index in [1.54, 1.807) is 18.3 Å². The number of hydrogen-bond acceptors (Lipinski definition) is 3. The maximum atomic E-state index is 11.6. The van der Waals surface area contributed by atoms with E-state index in [0.29, 0.717) is 11.1 Å². The van der Waals surface area contributed by atoms with Crippen LogP contribution in [0, 0.1) is 0 Å². The molecule has 0 bridgehead atoms. The van der Waals surface area contributed by atoms with E-state index in [2.05, 4.69) is 4.98 Å². The highest BCUT2D eigenvalue weighted by atomic mass is 16.5. The normalized spacial score (nSPS) is 10.5. The van der Waals surface area contributed by atoms with Crippen molar-refractivity contribution in [1.29, 1.82) is 0 Å². The second-order valence-electron chi connectivity index (χ2n) is 4.69. The zero-order valence-corrected chi connectivity index (χ0v) is 11.4. The van der Waals surface area contributed by atoms with Crippen LogP contribution in [0.3, 0.4) is 0 Å². The van der Waals surface area contributed by atoms with Crippen LogP contribution in [0.4, 0.5) is 0 Å². The lowest BCUT2D eigenvalue weighted by Crippen LogP contribution is -2.00. The van der Waals surface area contributed by atoms with Crippen molar-refractivity contribution in [1.82, 2.24) is 4.98 Å². The molecule has 4 nitrogen and oxygen atoms in total. The monoisotopic (exact) mass is 279 g/mol. The van der Waals surface area contributed by atoms with E-state index < -0.39 is 0 Å². The van der Waals surface area contributed by atoms with Gasteiger partial charge in [0.05, 0.1) is 12.7 Å². The highest BCUT2D eigenvalue weighted by molar-refractivity contribution is 5.99. The van der Waals surface area contributed by atoms with Gasteiger partial charge in [-0.05, 0) is 35.4 Å². The molecule has 0 atom stereocenters. The average molecular weight is 279 g/mol. The van der Waals surface area contributed by atoms with Crippen molar-refractivity contribution in [3.05, 3.63) is 59.8 Å². The van der Waals surface area contributed by atoms with Crippen LogP contribution in [0.2, 0.25) is 0 Å². The van der Waals surface area contributed by atoms with Crippen LogP contribution in [0.15, 0.2) is 48.7 Å². The van der Waals surface area contributed by atoms with Crippen molar-refractivity contribution in [3.63, 3.8) is 0 Å². The zero-order chi connectivity index (χ0) is 14.8. The van der Waals surface area contributed by atoms with Crippen LogP contribution in [0.1, 0.15) is 20.7 Å². The summed E-state index contributed by atoms with van der Waals surface area (Å²) in [5.74, 6) is -0.367. The topological polar surface area (TPSA) is 59.2 Å². The van der Waals surface area contributed by atoms with Gasteiger partial charge >= 0.3 is 5.97 Å². The third-order valence-electron chi connectivity index (χ3n) is 3.46. The average Bonchev–Trinajstić information content (AvgIpc) is 2.96. The molecule has 2 aromatic carbocycles. The first-order chi connectivity index (χ1) is 10.2. The molecular formula is C17H13NO3. The van der Waals surface area contributed by atoms with Gasteiger partial charge in [-0.25, -0.2) is 4.79 Å². The first-order valence-corrected chi connectivity index (χ1v) is 6.48. The van der Waals surface area contributed by atoms with E-state index in [-0.39, 0.29) is 5.97 Å². The van der Waals surface area contributed by atoms with Crippen molar-refractivity contribution >= 4 is 23.2 Å². The SMILES string of the molecule is COC(=O)c1cccc(-c2ccc3[nH]cc(C=O)c3c2)c1. The van der Waals surface area contributed by atoms with Crippen molar-refractivity contribution in [2.45, 2.75) is 0 Å². The molecular weight excluding hydrogens is 266 g/mol. The van der Waals surface area contributed by atoms with E-state index in [1.165, 1.54) is 7.11 Å². The molecule has 4 heteroatoms. The Balaban J connectivity index is 2.11. The number of aromatic amines is 1. The minimum absolute atomic E-state index is 0.367. The predicted molar refractivity (Wildman–Crippen MR) is 80.5 cm³/mol. The summed E-state index contributed by atoms with van der Waals surface area (Å²) in [6.45, 7) is 0. The van der Waals surface area contributed by atoms with Gasteiger partial charge in [-0.2, -0.15) is 0 Å². The molecule has 0 aliphatic heterocycles. The Kier molecular flexibility index (Phi) is 3.28. The molecule has 0 spiro atoms. The molecule has 21 heavy (non-hydrogen) atoms. The fourth-order valence-electron chi connectivity index (χ4n) is 2.36. The summed E-state index contributed by atoms with van der Waals surface area (Å²) in [6, 6.07) is 13.0. The van der Waals surface area contributed by atoms with Crippen molar-refractivity contribution in [2.75, 3.05) is 7.11 Å². The first kappa shape index (κ1) is 13.1. The molecule has 0 unspecified atom stereocenters. The number of nitrogens with one attached hydrogen (secondary N) is 1. The van der Waals surface area contributed by atoms with Gasteiger partial charge < -0.3 is 9.72 Å². The lowest BCUT2D eigenvalue weighted by Gasteiger charge is -2.05. The van der Waals surface area contributed by atoms with Gasteiger partial charge in [0.2, 0.25) is 0 Å². The molecule has 0 amide bonds. The van der Waals surface area contributed by atoms with Crippen LogP contribution in [0.25, 0.3) is 22.0 Å². The Morgan fingerprint density at radius 2 is 1.95 bits per heavy atom. The largest absolute Gasteiger partial charge is 0.465 e. The van der Waals surface area contributed by atoms with Crippen LogP contribution in [0.5, 0.6) is 0 Å². The molecule has 0 radical (unpaired) electrons. The maximum absolute atomic E-state index is 11.6. The molecule has 104 valence electrons. The van der Waals surface area contributed by atoms with Gasteiger partial charge in [0.1, 0.15) is 0 Å². The molecule has 0 fully saturated rings. The highest BCUT2D eigenvalue weighted by Crippen LogP contribution is 2.26. The lowest BCUT2D eigenvalue weighted by molar-refractivity contribution is 0.0600. The smallest absolute Gasteiger partial charge is 0.337 e. The summed E-state index contributed by atoms with van der Waals surface area (Å²) < 4.78 is 4.73. The van der Waals surface area contributed by atoms with Crippen LogP contribution >= 0.6 is 0 Å². The second-order valence-corrected chi connectivity index (χ2v) is 4.69. The number of H-pyrrole nitrogens is 1. The Labute approximate surface area is 121 Å². The fourth-order valence-corrected chi connectivity index (χ4v) is 2.36. The molecule has 1 aromatic heterocycles. The van der Waals surface area contributed by atoms with Gasteiger partial charge in [0.25, 0.3) is 0 Å². The van der Waals surface area contributed by atoms with Crippen molar-refractivity contribution in [2.24, 2.45) is 0 Å². The minimum Gasteiger partial charge on any atom is -0.465 e. The summed E-state index contributed by atoms with van der Waals surface area (Å²) >= 11 is 0. The summed E-state index contributed by atoms with van der Waals surface area (Å²) in [4.78, 5) is 25.7. The number of aldehydes is 1. The number of fused-ring (bicyclic) bond motifs is 1. The van der Waals surface area contributed by atoms with Crippen LogP contribution in [-0.4, -0.2) is 24.3 Å². The maximum Gasteiger partial charge on any atom is 0.337 e. The summed E-state index contributed by atoms with van der Waals surface area (Å²) in [6.07, 6.45) is 2.51. The van der Waals surface area contributed by atoms with Gasteiger partial charge in [-0.1, -0.05) is 18.2 Å². The summed E-state index contributed by atoms with van der Waals surface area (Å²) in [7, 11) is 1.36. The quantitative estimate of drug-likeness (QED) is 0.590. The number of esters is 1. The van der Waals surface area contributed by atoms with E-state index in [1.807, 2.05) is 30.3 Å². The van der Waals surface area contributed by atoms with Gasteiger partial charge in [-0.15, -0.1) is 0 Å². The number of methoxy groups -OCH3 is 1. The number of rotatable bonds is 3. The minimum atomic E-state index is -0.367. The van der Waals surface area contributed by atoms with Crippen molar-refractivity contribution in [3.8, 4) is 11.1 Å². The van der Waals surface area contributed by atoms with Gasteiger partial charge in [0.15, 0.2) is 6.29 Å². The number of ether oxygens (including phenoxy) is 1. The number of aromatic nitrogens is 1. The Morgan fingerprint density at radius 3 is 2.71 bits per heavy atom. The predicted octanol–water partition coefficient (Wildman–Crippen LogP) is 3.43. The second kappa shape index (κ2) is 5.25. The standard InChI is InChI=1S/C17H13NO3/c1-21-17(20)13-4-2-3-11(7-13)12-5-6-16-15(8-12)14(10-19)9-18-16/h2-10,18H,1H3. The van der Waals surface area contributed by atoms with Crippen LogP contribution in [-0.2, 0) is 4.74 Å². The molecule has 0 aliphatic carbocycles. The van der Waals surface area contributed by atoms with E-state index >= 15 is 0 Å². The summed E-state index contributed by atoms with van der Waals surface area (Å²) in [5, 5.41) is 0.867. The van der Waals surface area contributed by atoms with Crippen molar-refractivity contribution < 1.29 is 14.3 Å². The lowest BCUT2D eigenvalue weighted by atomic mass is 10.0. The molecule has 3 aromatic rings. The third-order valence-corrected chi connectivity index (χ3v) is 3.46. The zero-order valence-electron chi connectivity index (χ0n) is 11.4. The highest BCUT2D eigenvalue weighted by Gasteiger charge is 2.08. The molecule has 0 aliphatic rings. The molecule has 0 saturated carbocycles. The van der Waals surface area contributed by atoms with E-state index in [9.17, 15) is 9.59 Å². The Morgan fingerprint density at radius 1 is 1.14 bits per heavy atom. The van der Waals surface area contributed by atoms with Gasteiger partial charge in [-0.3, -0.25) is 4.79 Å². The Hall–Kier alpha value is -2.88. The van der Waals surface area contributed by atoms with Gasteiger partial charge in [0, 0.05) is 22.7 Å². The summed E-state index contributed by atoms with van der Waals surface area (Å²) in [5.41, 5.74) is 3.87. The van der Waals surface area contributed by atoms with E-state index in [4.69, 9.17) is 4.74 Å². The molecule has 0 saturated heterocycles. The van der Waals surface area contributed by atoms with E-state index in [0.717, 1.165) is 28.3 Å². The number of hydrogen-bond donors (Lipinski definition) is 1. The Bertz CT molecular complexity index is 833. The molecule has 1 heterocycles. The fraction of sp³-hybridized carbons (Fsp3) is 0.0588. The first-order valence-electron chi connectivity index (χ1n) is 6.48. The number of carbonyl (C=O) groups is 2. The third kappa shape index (κ3) is 2.31. The molecule has 3 rings (SSSR count). The molecule has 1 N–H and O–H groups in total.